The summed E-state index contributed by atoms with van der Waals surface area (Å²) in [5.41, 5.74) is 3.26. The Labute approximate surface area is 218 Å². The average Bonchev–Trinajstić information content (AvgIpc) is 2.95. The van der Waals surface area contributed by atoms with Crippen molar-refractivity contribution in [1.29, 1.82) is 5.26 Å². The van der Waals surface area contributed by atoms with E-state index in [4.69, 9.17) is 4.74 Å². The Bertz CT molecular complexity index is 1420. The van der Waals surface area contributed by atoms with Crippen LogP contribution in [-0.2, 0) is 4.74 Å². The van der Waals surface area contributed by atoms with Crippen molar-refractivity contribution in [1.82, 2.24) is 15.0 Å². The van der Waals surface area contributed by atoms with Gasteiger partial charge < -0.3 is 20.3 Å². The highest BCUT2D eigenvalue weighted by atomic mass is 32.2. The van der Waals surface area contributed by atoms with Gasteiger partial charge in [-0.3, -0.25) is 9.78 Å². The van der Waals surface area contributed by atoms with Crippen molar-refractivity contribution in [3.05, 3.63) is 90.4 Å². The highest BCUT2D eigenvalue weighted by Crippen LogP contribution is 2.30. The van der Waals surface area contributed by atoms with Crippen LogP contribution in [0.15, 0.2) is 89.2 Å². The summed E-state index contributed by atoms with van der Waals surface area (Å²) >= 11 is 1.40. The average molecular weight is 510 g/mol. The van der Waals surface area contributed by atoms with E-state index in [2.05, 4.69) is 48.7 Å². The fourth-order valence-corrected chi connectivity index (χ4v) is 4.58. The van der Waals surface area contributed by atoms with E-state index < -0.39 is 0 Å². The lowest BCUT2D eigenvalue weighted by atomic mass is 10.2. The summed E-state index contributed by atoms with van der Waals surface area (Å²) in [5.74, 6) is 0.152. The third kappa shape index (κ3) is 6.22. The molecule has 0 aliphatic carbocycles. The predicted molar refractivity (Wildman–Crippen MR) is 142 cm³/mol. The molecule has 0 saturated carbocycles. The van der Waals surface area contributed by atoms with E-state index in [9.17, 15) is 10.1 Å². The van der Waals surface area contributed by atoms with Gasteiger partial charge in [0.2, 0.25) is 5.95 Å². The zero-order valence-electron chi connectivity index (χ0n) is 19.8. The molecule has 1 saturated heterocycles. The number of nitrogens with zero attached hydrogens (tertiary/aromatic N) is 5. The zero-order chi connectivity index (χ0) is 25.5. The standard InChI is InChI=1S/C27H23N7O2S/c28-17-20-16-23(7-8-24(20)32-26(35)19-2-1-10-29-18-19)37-25-9-11-30-27(33-25)31-21-3-5-22(6-4-21)34-12-14-36-15-13-34/h1-11,16,18H,12-15H2,(H,32,35)(H,30,31,33). The third-order valence-corrected chi connectivity index (χ3v) is 6.56. The van der Waals surface area contributed by atoms with E-state index in [1.165, 1.54) is 18.0 Å². The number of hydrogen-bond donors (Lipinski definition) is 2. The van der Waals surface area contributed by atoms with Gasteiger partial charge >= 0.3 is 0 Å². The number of benzene rings is 2. The van der Waals surface area contributed by atoms with E-state index in [-0.39, 0.29) is 5.91 Å². The number of carbonyl (C=O) groups excluding carboxylic acids is 1. The smallest absolute Gasteiger partial charge is 0.257 e. The van der Waals surface area contributed by atoms with Gasteiger partial charge in [0, 0.05) is 48.0 Å². The van der Waals surface area contributed by atoms with Gasteiger partial charge in [-0.2, -0.15) is 5.26 Å². The van der Waals surface area contributed by atoms with E-state index in [1.807, 2.05) is 24.3 Å². The second-order valence-electron chi connectivity index (χ2n) is 8.11. The topological polar surface area (TPSA) is 116 Å². The van der Waals surface area contributed by atoms with Crippen molar-refractivity contribution < 1.29 is 9.53 Å². The summed E-state index contributed by atoms with van der Waals surface area (Å²) in [4.78, 5) is 28.4. The third-order valence-electron chi connectivity index (χ3n) is 5.64. The molecular formula is C27H23N7O2S. The summed E-state index contributed by atoms with van der Waals surface area (Å²) < 4.78 is 5.42. The highest BCUT2D eigenvalue weighted by Gasteiger charge is 2.13. The van der Waals surface area contributed by atoms with Crippen molar-refractivity contribution in [2.45, 2.75) is 9.92 Å². The maximum Gasteiger partial charge on any atom is 0.257 e. The van der Waals surface area contributed by atoms with Gasteiger partial charge in [0.1, 0.15) is 11.1 Å². The molecule has 0 atom stereocenters. The highest BCUT2D eigenvalue weighted by molar-refractivity contribution is 7.99. The van der Waals surface area contributed by atoms with Gasteiger partial charge in [-0.05, 0) is 60.7 Å². The van der Waals surface area contributed by atoms with Crippen LogP contribution in [0.3, 0.4) is 0 Å². The molecule has 5 rings (SSSR count). The number of carbonyl (C=O) groups is 1. The number of nitriles is 1. The van der Waals surface area contributed by atoms with Gasteiger partial charge in [-0.15, -0.1) is 0 Å². The van der Waals surface area contributed by atoms with Crippen LogP contribution in [0.5, 0.6) is 0 Å². The molecule has 0 radical (unpaired) electrons. The van der Waals surface area contributed by atoms with Crippen molar-refractivity contribution >= 4 is 40.7 Å². The normalized spacial score (nSPS) is 13.0. The van der Waals surface area contributed by atoms with Crippen LogP contribution >= 0.6 is 11.8 Å². The van der Waals surface area contributed by atoms with Crippen molar-refractivity contribution in [2.75, 3.05) is 41.8 Å². The molecule has 10 heteroatoms. The number of nitrogens with one attached hydrogen (secondary N) is 2. The molecule has 1 aliphatic heterocycles. The van der Waals surface area contributed by atoms with Crippen LogP contribution in [0.25, 0.3) is 0 Å². The van der Waals surface area contributed by atoms with E-state index >= 15 is 0 Å². The van der Waals surface area contributed by atoms with Crippen LogP contribution in [-0.4, -0.2) is 47.2 Å². The quantitative estimate of drug-likeness (QED) is 0.341. The molecule has 0 spiro atoms. The van der Waals surface area contributed by atoms with Crippen LogP contribution in [0, 0.1) is 11.3 Å². The molecule has 2 aromatic carbocycles. The number of ether oxygens (including phenoxy) is 1. The minimum atomic E-state index is -0.325. The largest absolute Gasteiger partial charge is 0.378 e. The zero-order valence-corrected chi connectivity index (χ0v) is 20.6. The van der Waals surface area contributed by atoms with Gasteiger partial charge in [-0.25, -0.2) is 9.97 Å². The number of rotatable bonds is 7. The van der Waals surface area contributed by atoms with Crippen molar-refractivity contribution in [3.8, 4) is 6.07 Å². The van der Waals surface area contributed by atoms with Gasteiger partial charge in [0.15, 0.2) is 0 Å². The van der Waals surface area contributed by atoms with Crippen molar-refractivity contribution in [3.63, 3.8) is 0 Å². The summed E-state index contributed by atoms with van der Waals surface area (Å²) in [6.07, 6.45) is 4.76. The lowest BCUT2D eigenvalue weighted by molar-refractivity contribution is 0.102. The van der Waals surface area contributed by atoms with Crippen LogP contribution < -0.4 is 15.5 Å². The van der Waals surface area contributed by atoms with Gasteiger partial charge in [0.05, 0.1) is 30.0 Å². The monoisotopic (exact) mass is 509 g/mol. The first-order valence-corrected chi connectivity index (χ1v) is 12.5. The fourth-order valence-electron chi connectivity index (χ4n) is 3.77. The fraction of sp³-hybridized carbons (Fsp3) is 0.148. The Balaban J connectivity index is 1.24. The number of pyridine rings is 1. The molecule has 0 unspecified atom stereocenters. The number of anilines is 4. The van der Waals surface area contributed by atoms with Crippen LogP contribution in [0.4, 0.5) is 23.0 Å². The molecule has 184 valence electrons. The molecule has 37 heavy (non-hydrogen) atoms. The van der Waals surface area contributed by atoms with E-state index in [0.717, 1.165) is 47.6 Å². The predicted octanol–water partition coefficient (Wildman–Crippen LogP) is 4.73. The summed E-state index contributed by atoms with van der Waals surface area (Å²) in [6.45, 7) is 3.27. The molecule has 1 aliphatic rings. The molecule has 9 nitrogen and oxygen atoms in total. The maximum atomic E-state index is 12.4. The number of morpholine rings is 1. The van der Waals surface area contributed by atoms with Crippen LogP contribution in [0.2, 0.25) is 0 Å². The van der Waals surface area contributed by atoms with Gasteiger partial charge in [-0.1, -0.05) is 11.8 Å². The Morgan fingerprint density at radius 2 is 1.89 bits per heavy atom. The Morgan fingerprint density at radius 3 is 2.65 bits per heavy atom. The first-order valence-electron chi connectivity index (χ1n) is 11.6. The SMILES string of the molecule is N#Cc1cc(Sc2ccnc(Nc3ccc(N4CCOCC4)cc3)n2)ccc1NC(=O)c1cccnc1. The number of hydrogen-bond acceptors (Lipinski definition) is 9. The second-order valence-corrected chi connectivity index (χ2v) is 9.20. The second kappa shape index (κ2) is 11.5. The number of amides is 1. The maximum absolute atomic E-state index is 12.4. The molecule has 1 fully saturated rings. The number of aromatic nitrogens is 3. The Morgan fingerprint density at radius 1 is 1.05 bits per heavy atom. The molecule has 0 bridgehead atoms. The Hall–Kier alpha value is -4.46. The lowest BCUT2D eigenvalue weighted by Gasteiger charge is -2.28. The summed E-state index contributed by atoms with van der Waals surface area (Å²) in [6, 6.07) is 20.7. The lowest BCUT2D eigenvalue weighted by Crippen LogP contribution is -2.36. The Kier molecular flexibility index (Phi) is 7.55. The molecule has 2 aromatic heterocycles. The molecule has 2 N–H and O–H groups in total. The summed E-state index contributed by atoms with van der Waals surface area (Å²) in [7, 11) is 0. The molecule has 1 amide bonds. The van der Waals surface area contributed by atoms with E-state index in [0.29, 0.717) is 22.8 Å². The molecular weight excluding hydrogens is 486 g/mol. The minimum absolute atomic E-state index is 0.325. The molecule has 4 aromatic rings. The van der Waals surface area contributed by atoms with Crippen LogP contribution in [0.1, 0.15) is 15.9 Å². The first kappa shape index (κ1) is 24.2. The van der Waals surface area contributed by atoms with Crippen molar-refractivity contribution in [2.24, 2.45) is 0 Å². The first-order chi connectivity index (χ1) is 18.2. The molecule has 3 heterocycles. The summed E-state index contributed by atoms with van der Waals surface area (Å²) in [5, 5.41) is 16.4. The minimum Gasteiger partial charge on any atom is -0.378 e. The van der Waals surface area contributed by atoms with E-state index in [1.54, 1.807) is 36.7 Å². The van der Waals surface area contributed by atoms with Gasteiger partial charge in [0.25, 0.3) is 5.91 Å².